The number of hydrogen-bond acceptors (Lipinski definition) is 4. The third-order valence-corrected chi connectivity index (χ3v) is 4.05. The van der Waals surface area contributed by atoms with Crippen LogP contribution in [-0.2, 0) is 0 Å². The minimum absolute atomic E-state index is 0.120. The van der Waals surface area contributed by atoms with Crippen LogP contribution in [0.25, 0.3) is 21.9 Å². The summed E-state index contributed by atoms with van der Waals surface area (Å²) in [5.74, 6) is 0.650. The Labute approximate surface area is 148 Å². The van der Waals surface area contributed by atoms with E-state index in [1.165, 1.54) is 0 Å². The summed E-state index contributed by atoms with van der Waals surface area (Å²) in [6.45, 7) is -1.07. The molecule has 0 saturated carbocycles. The molecular weight excluding hydrogens is 336 g/mol. The maximum atomic E-state index is 13.5. The molecule has 0 amide bonds. The molecule has 2 aromatic carbocycles. The Kier molecular flexibility index (Phi) is 4.04. The molecule has 130 valence electrons. The van der Waals surface area contributed by atoms with E-state index < -0.39 is 6.55 Å². The lowest BCUT2D eigenvalue weighted by Crippen LogP contribution is -2.11. The number of hydrazone groups is 1. The van der Waals surface area contributed by atoms with Crippen molar-refractivity contribution in [1.29, 1.82) is 0 Å². The average molecular weight is 351 g/mol. The maximum absolute atomic E-state index is 13.5. The monoisotopic (exact) mass is 351 g/mol. The fourth-order valence-electron chi connectivity index (χ4n) is 2.82. The van der Waals surface area contributed by atoms with Gasteiger partial charge in [0, 0.05) is 5.39 Å². The molecule has 1 N–H and O–H groups in total. The number of aromatic nitrogens is 3. The Morgan fingerprint density at radius 3 is 2.50 bits per heavy atom. The summed E-state index contributed by atoms with van der Waals surface area (Å²) in [6.07, 6.45) is 0. The quantitative estimate of drug-likeness (QED) is 0.424. The van der Waals surface area contributed by atoms with Crippen LogP contribution in [0.15, 0.2) is 65.8 Å². The molecule has 0 atom stereocenters. The number of alkyl halides is 2. The second kappa shape index (κ2) is 6.51. The third kappa shape index (κ3) is 2.88. The number of imidazole rings is 1. The highest BCUT2D eigenvalue weighted by Gasteiger charge is 2.19. The van der Waals surface area contributed by atoms with Gasteiger partial charge in [-0.25, -0.2) is 9.97 Å². The Balaban J connectivity index is 1.69. The molecule has 7 heteroatoms. The summed E-state index contributed by atoms with van der Waals surface area (Å²) in [5.41, 5.74) is 4.86. The summed E-state index contributed by atoms with van der Waals surface area (Å²) in [7, 11) is 0. The van der Waals surface area contributed by atoms with E-state index in [1.54, 1.807) is 37.3 Å². The average Bonchev–Trinajstić information content (AvgIpc) is 3.06. The van der Waals surface area contributed by atoms with Gasteiger partial charge in [0.05, 0.1) is 16.6 Å². The number of benzene rings is 2. The molecule has 0 spiro atoms. The molecule has 0 bridgehead atoms. The van der Waals surface area contributed by atoms with Gasteiger partial charge in [-0.05, 0) is 37.3 Å². The minimum Gasteiger partial charge on any atom is -0.265 e. The Morgan fingerprint density at radius 1 is 0.962 bits per heavy atom. The zero-order valence-electron chi connectivity index (χ0n) is 13.9. The van der Waals surface area contributed by atoms with Crippen LogP contribution in [0.4, 0.5) is 14.6 Å². The number of hydrogen-bond donors (Lipinski definition) is 1. The minimum atomic E-state index is -2.71. The summed E-state index contributed by atoms with van der Waals surface area (Å²) < 4.78 is 27.9. The highest BCUT2D eigenvalue weighted by Crippen LogP contribution is 2.23. The van der Waals surface area contributed by atoms with Gasteiger partial charge in [0.15, 0.2) is 5.82 Å². The lowest BCUT2D eigenvalue weighted by Gasteiger charge is -2.08. The van der Waals surface area contributed by atoms with E-state index in [0.717, 1.165) is 15.5 Å². The van der Waals surface area contributed by atoms with Gasteiger partial charge in [0.2, 0.25) is 0 Å². The first-order valence-corrected chi connectivity index (χ1v) is 8.05. The first kappa shape index (κ1) is 16.1. The van der Waals surface area contributed by atoms with E-state index in [-0.39, 0.29) is 5.82 Å². The van der Waals surface area contributed by atoms with Crippen molar-refractivity contribution < 1.29 is 8.78 Å². The third-order valence-electron chi connectivity index (χ3n) is 4.05. The molecular formula is C19H15F2N5. The Hall–Kier alpha value is -3.35. The molecule has 0 saturated heterocycles. The van der Waals surface area contributed by atoms with Crippen molar-refractivity contribution in [3.05, 3.63) is 66.5 Å². The Morgan fingerprint density at radius 2 is 1.69 bits per heavy atom. The number of anilines is 1. The fraction of sp³-hybridized carbons (Fsp3) is 0.105. The van der Waals surface area contributed by atoms with Crippen molar-refractivity contribution in [2.45, 2.75) is 13.5 Å². The molecule has 0 aliphatic rings. The van der Waals surface area contributed by atoms with Gasteiger partial charge in [-0.15, -0.1) is 0 Å². The van der Waals surface area contributed by atoms with Crippen LogP contribution in [0.5, 0.6) is 0 Å². The number of nitrogens with one attached hydrogen (secondary N) is 1. The largest absolute Gasteiger partial charge is 0.320 e. The van der Waals surface area contributed by atoms with Crippen LogP contribution in [0.3, 0.4) is 0 Å². The van der Waals surface area contributed by atoms with E-state index >= 15 is 0 Å². The Bertz CT molecular complexity index is 1120. The van der Waals surface area contributed by atoms with E-state index in [4.69, 9.17) is 0 Å². The molecule has 26 heavy (non-hydrogen) atoms. The van der Waals surface area contributed by atoms with Gasteiger partial charge in [-0.2, -0.15) is 13.9 Å². The molecule has 0 unspecified atom stereocenters. The van der Waals surface area contributed by atoms with E-state index in [2.05, 4.69) is 20.5 Å². The zero-order chi connectivity index (χ0) is 18.1. The number of nitrogens with zero attached hydrogens (tertiary/aromatic N) is 4. The fourth-order valence-corrected chi connectivity index (χ4v) is 2.82. The molecule has 2 aromatic heterocycles. The van der Waals surface area contributed by atoms with Gasteiger partial charge in [0.25, 0.3) is 0 Å². The van der Waals surface area contributed by atoms with Crippen molar-refractivity contribution in [1.82, 2.24) is 14.5 Å². The molecule has 4 rings (SSSR count). The van der Waals surface area contributed by atoms with E-state index in [9.17, 15) is 8.78 Å². The van der Waals surface area contributed by atoms with Gasteiger partial charge in [-0.3, -0.25) is 9.99 Å². The topological polar surface area (TPSA) is 55.1 Å². The number of fused-ring (bicyclic) bond motifs is 2. The molecule has 0 radical (unpaired) electrons. The molecule has 0 aliphatic carbocycles. The maximum Gasteiger partial charge on any atom is 0.320 e. The van der Waals surface area contributed by atoms with Crippen LogP contribution in [-0.4, -0.2) is 20.2 Å². The molecule has 5 nitrogen and oxygen atoms in total. The van der Waals surface area contributed by atoms with E-state index in [1.807, 2.05) is 30.3 Å². The van der Waals surface area contributed by atoms with Crippen LogP contribution in [0, 0.1) is 0 Å². The van der Waals surface area contributed by atoms with Crippen LogP contribution >= 0.6 is 0 Å². The number of para-hydroxylation sites is 3. The van der Waals surface area contributed by atoms with Crippen LogP contribution < -0.4 is 5.43 Å². The summed E-state index contributed by atoms with van der Waals surface area (Å²) in [5, 5.41) is 5.21. The standard InChI is InChI=1S/C19H15F2N5/c1-12(18-23-15-8-4-5-9-16(15)26(18)19(20)21)24-25-17-11-10-13-6-2-3-7-14(13)22-17/h2-11,19H,1H3,(H,22,25)/b24-12+. The predicted molar refractivity (Wildman–Crippen MR) is 98.6 cm³/mol. The van der Waals surface area contributed by atoms with Gasteiger partial charge in [0.1, 0.15) is 11.5 Å². The van der Waals surface area contributed by atoms with Crippen molar-refractivity contribution in [2.75, 3.05) is 5.43 Å². The summed E-state index contributed by atoms with van der Waals surface area (Å²) in [6, 6.07) is 18.2. The lowest BCUT2D eigenvalue weighted by atomic mass is 10.2. The summed E-state index contributed by atoms with van der Waals surface area (Å²) >= 11 is 0. The summed E-state index contributed by atoms with van der Waals surface area (Å²) in [4.78, 5) is 8.74. The SMILES string of the molecule is C/C(=N\Nc1ccc2ccccc2n1)c1nc2ccccc2n1C(F)F. The predicted octanol–water partition coefficient (Wildman–Crippen LogP) is 4.82. The van der Waals surface area contributed by atoms with Crippen LogP contribution in [0.2, 0.25) is 0 Å². The van der Waals surface area contributed by atoms with Gasteiger partial charge >= 0.3 is 6.55 Å². The lowest BCUT2D eigenvalue weighted by molar-refractivity contribution is 0.0740. The van der Waals surface area contributed by atoms with Crippen molar-refractivity contribution in [2.24, 2.45) is 5.10 Å². The van der Waals surface area contributed by atoms with Crippen LogP contribution in [0.1, 0.15) is 19.3 Å². The zero-order valence-corrected chi connectivity index (χ0v) is 13.9. The van der Waals surface area contributed by atoms with Crippen molar-refractivity contribution in [3.8, 4) is 0 Å². The second-order valence-corrected chi connectivity index (χ2v) is 5.77. The first-order chi connectivity index (χ1) is 12.6. The first-order valence-electron chi connectivity index (χ1n) is 8.05. The molecule has 4 aromatic rings. The highest BCUT2D eigenvalue weighted by atomic mass is 19.3. The van der Waals surface area contributed by atoms with Crippen molar-refractivity contribution >= 4 is 33.5 Å². The normalized spacial score (nSPS) is 12.2. The molecule has 0 fully saturated rings. The van der Waals surface area contributed by atoms with E-state index in [0.29, 0.717) is 22.6 Å². The van der Waals surface area contributed by atoms with Crippen molar-refractivity contribution in [3.63, 3.8) is 0 Å². The number of pyridine rings is 1. The van der Waals surface area contributed by atoms with Gasteiger partial charge in [-0.1, -0.05) is 30.3 Å². The number of halogens is 2. The smallest absolute Gasteiger partial charge is 0.265 e. The highest BCUT2D eigenvalue weighted by molar-refractivity contribution is 5.99. The van der Waals surface area contributed by atoms with Gasteiger partial charge < -0.3 is 0 Å². The second-order valence-electron chi connectivity index (χ2n) is 5.77. The number of rotatable bonds is 4. The molecule has 2 heterocycles. The molecule has 0 aliphatic heterocycles.